The number of amidine groups is 1. The standard InChI is InChI=1S/C28H27Cl3N2O3/c1-17(2)36-24-16-22(35-5)14-15-23(24)25-32-27(3,18-6-10-20(29)11-7-18)28(4,33(25)26(31)34)19-8-12-21(30)13-9-19/h6-17H,1-5H3/t27-,28-/m0/s1. The van der Waals surface area contributed by atoms with Crippen molar-refractivity contribution in [3.63, 3.8) is 0 Å². The van der Waals surface area contributed by atoms with E-state index in [-0.39, 0.29) is 6.10 Å². The zero-order chi connectivity index (χ0) is 26.3. The van der Waals surface area contributed by atoms with Gasteiger partial charge >= 0.3 is 5.37 Å². The van der Waals surface area contributed by atoms with E-state index in [0.717, 1.165) is 11.1 Å². The average molecular weight is 546 g/mol. The highest BCUT2D eigenvalue weighted by atomic mass is 35.5. The van der Waals surface area contributed by atoms with Gasteiger partial charge < -0.3 is 9.47 Å². The number of hydrogen-bond donors (Lipinski definition) is 0. The molecule has 0 saturated heterocycles. The monoisotopic (exact) mass is 544 g/mol. The summed E-state index contributed by atoms with van der Waals surface area (Å²) in [7, 11) is 1.59. The molecule has 0 radical (unpaired) electrons. The highest BCUT2D eigenvalue weighted by molar-refractivity contribution is 6.64. The fourth-order valence-corrected chi connectivity index (χ4v) is 5.21. The van der Waals surface area contributed by atoms with Gasteiger partial charge in [-0.25, -0.2) is 0 Å². The number of amides is 1. The van der Waals surface area contributed by atoms with Gasteiger partial charge in [0.1, 0.15) is 28.4 Å². The SMILES string of the molecule is COc1ccc(C2=N[C@@](C)(c3ccc(Cl)cc3)[C@](C)(c3ccc(Cl)cc3)N2C(=O)Cl)c(OC(C)C)c1. The van der Waals surface area contributed by atoms with Gasteiger partial charge in [0.25, 0.3) is 0 Å². The lowest BCUT2D eigenvalue weighted by atomic mass is 9.71. The molecule has 5 nitrogen and oxygen atoms in total. The van der Waals surface area contributed by atoms with E-state index in [0.29, 0.717) is 32.9 Å². The normalized spacial score (nSPS) is 21.5. The Kier molecular flexibility index (Phi) is 7.29. The molecule has 0 aliphatic carbocycles. The zero-order valence-corrected chi connectivity index (χ0v) is 22.9. The summed E-state index contributed by atoms with van der Waals surface area (Å²) in [5.74, 6) is 1.55. The highest BCUT2D eigenvalue weighted by Gasteiger charge is 2.59. The number of ether oxygens (including phenoxy) is 2. The fraction of sp³-hybridized carbons (Fsp3) is 0.286. The molecule has 0 saturated carbocycles. The van der Waals surface area contributed by atoms with Gasteiger partial charge in [0.2, 0.25) is 0 Å². The smallest absolute Gasteiger partial charge is 0.322 e. The van der Waals surface area contributed by atoms with Crippen LogP contribution < -0.4 is 9.47 Å². The molecule has 2 atom stereocenters. The lowest BCUT2D eigenvalue weighted by Gasteiger charge is -2.44. The summed E-state index contributed by atoms with van der Waals surface area (Å²) >= 11 is 18.8. The van der Waals surface area contributed by atoms with Crippen molar-refractivity contribution in [3.05, 3.63) is 93.5 Å². The second-order valence-electron chi connectivity index (χ2n) is 9.21. The van der Waals surface area contributed by atoms with Gasteiger partial charge in [-0.2, -0.15) is 0 Å². The van der Waals surface area contributed by atoms with Crippen LogP contribution in [0.4, 0.5) is 4.79 Å². The second kappa shape index (κ2) is 9.97. The Morgan fingerprint density at radius 2 is 1.47 bits per heavy atom. The number of hydrogen-bond acceptors (Lipinski definition) is 4. The molecule has 0 unspecified atom stereocenters. The van der Waals surface area contributed by atoms with Gasteiger partial charge in [0, 0.05) is 16.1 Å². The minimum atomic E-state index is -1.02. The molecule has 0 N–H and O–H groups in total. The Balaban J connectivity index is 2.03. The molecule has 1 amide bonds. The number of halogens is 3. The van der Waals surface area contributed by atoms with E-state index in [1.807, 2.05) is 70.2 Å². The highest BCUT2D eigenvalue weighted by Crippen LogP contribution is 2.54. The van der Waals surface area contributed by atoms with Crippen LogP contribution in [0.1, 0.15) is 44.4 Å². The number of carbonyl (C=O) groups is 1. The van der Waals surface area contributed by atoms with Crippen molar-refractivity contribution in [2.24, 2.45) is 4.99 Å². The molecule has 1 heterocycles. The van der Waals surface area contributed by atoms with Crippen molar-refractivity contribution in [3.8, 4) is 11.5 Å². The van der Waals surface area contributed by atoms with Crippen molar-refractivity contribution in [1.82, 2.24) is 4.90 Å². The van der Waals surface area contributed by atoms with Crippen molar-refractivity contribution >= 4 is 46.0 Å². The Morgan fingerprint density at radius 3 is 1.97 bits per heavy atom. The fourth-order valence-electron chi connectivity index (χ4n) is 4.71. The number of carbonyl (C=O) groups excluding carboxylic acids is 1. The minimum absolute atomic E-state index is 0.122. The number of aliphatic imine (C=N–C) groups is 1. The van der Waals surface area contributed by atoms with Crippen LogP contribution in [0.5, 0.6) is 11.5 Å². The molecule has 0 aromatic heterocycles. The van der Waals surface area contributed by atoms with Gasteiger partial charge in [-0.05, 0) is 86.8 Å². The summed E-state index contributed by atoms with van der Waals surface area (Å²) in [6, 6.07) is 20.2. The summed E-state index contributed by atoms with van der Waals surface area (Å²) in [5.41, 5.74) is 0.338. The molecule has 36 heavy (non-hydrogen) atoms. The molecule has 0 bridgehead atoms. The Bertz CT molecular complexity index is 1310. The topological polar surface area (TPSA) is 51.1 Å². The number of nitrogens with zero attached hydrogens (tertiary/aromatic N) is 2. The summed E-state index contributed by atoms with van der Waals surface area (Å²) < 4.78 is 11.6. The number of methoxy groups -OCH3 is 1. The lowest BCUT2D eigenvalue weighted by Crippen LogP contribution is -2.53. The molecule has 4 rings (SSSR count). The first-order valence-electron chi connectivity index (χ1n) is 11.5. The Morgan fingerprint density at radius 1 is 0.917 bits per heavy atom. The van der Waals surface area contributed by atoms with Gasteiger partial charge in [-0.15, -0.1) is 0 Å². The molecule has 3 aromatic rings. The summed E-state index contributed by atoms with van der Waals surface area (Å²) in [6.45, 7) is 7.80. The van der Waals surface area contributed by atoms with E-state index in [9.17, 15) is 4.79 Å². The van der Waals surface area contributed by atoms with Gasteiger partial charge in [-0.3, -0.25) is 14.7 Å². The van der Waals surface area contributed by atoms with Crippen LogP contribution in [0.2, 0.25) is 10.0 Å². The Labute approximate surface area is 226 Å². The zero-order valence-electron chi connectivity index (χ0n) is 20.7. The van der Waals surface area contributed by atoms with Crippen LogP contribution in [0.15, 0.2) is 71.7 Å². The summed E-state index contributed by atoms with van der Waals surface area (Å²) in [5, 5.41) is 0.516. The summed E-state index contributed by atoms with van der Waals surface area (Å²) in [6.07, 6.45) is -0.122. The number of rotatable bonds is 6. The molecule has 3 aromatic carbocycles. The van der Waals surface area contributed by atoms with Crippen LogP contribution in [-0.2, 0) is 11.1 Å². The van der Waals surface area contributed by atoms with Crippen LogP contribution in [0.3, 0.4) is 0 Å². The number of benzene rings is 3. The first-order valence-corrected chi connectivity index (χ1v) is 12.6. The maximum absolute atomic E-state index is 13.2. The van der Waals surface area contributed by atoms with E-state index in [4.69, 9.17) is 49.3 Å². The van der Waals surface area contributed by atoms with E-state index in [1.54, 1.807) is 31.4 Å². The molecule has 1 aliphatic heterocycles. The van der Waals surface area contributed by atoms with Gasteiger partial charge in [-0.1, -0.05) is 47.5 Å². The van der Waals surface area contributed by atoms with Crippen LogP contribution in [-0.4, -0.2) is 29.3 Å². The van der Waals surface area contributed by atoms with Crippen molar-refractivity contribution in [1.29, 1.82) is 0 Å². The van der Waals surface area contributed by atoms with Crippen LogP contribution >= 0.6 is 34.8 Å². The lowest BCUT2D eigenvalue weighted by molar-refractivity contribution is 0.149. The van der Waals surface area contributed by atoms with Crippen molar-refractivity contribution in [2.45, 2.75) is 44.9 Å². The van der Waals surface area contributed by atoms with Gasteiger partial charge in [0.05, 0.1) is 18.8 Å². The van der Waals surface area contributed by atoms with E-state index in [1.165, 1.54) is 4.90 Å². The first-order chi connectivity index (χ1) is 17.0. The molecule has 8 heteroatoms. The molecular weight excluding hydrogens is 519 g/mol. The third-order valence-electron chi connectivity index (χ3n) is 6.72. The predicted molar refractivity (Wildman–Crippen MR) is 146 cm³/mol. The third kappa shape index (κ3) is 4.45. The summed E-state index contributed by atoms with van der Waals surface area (Å²) in [4.78, 5) is 20.0. The molecule has 188 valence electrons. The molecule has 0 spiro atoms. The third-order valence-corrected chi connectivity index (χ3v) is 7.39. The van der Waals surface area contributed by atoms with E-state index >= 15 is 0 Å². The average Bonchev–Trinajstić information content (AvgIpc) is 3.08. The van der Waals surface area contributed by atoms with Crippen LogP contribution in [0.25, 0.3) is 0 Å². The van der Waals surface area contributed by atoms with Crippen molar-refractivity contribution < 1.29 is 14.3 Å². The molecule has 0 fully saturated rings. The van der Waals surface area contributed by atoms with Gasteiger partial charge in [0.15, 0.2) is 0 Å². The quantitative estimate of drug-likeness (QED) is 0.233. The molecular formula is C28H27Cl3N2O3. The van der Waals surface area contributed by atoms with E-state index < -0.39 is 16.4 Å². The van der Waals surface area contributed by atoms with Crippen LogP contribution in [0, 0.1) is 0 Å². The minimum Gasteiger partial charge on any atom is -0.497 e. The molecule has 1 aliphatic rings. The largest absolute Gasteiger partial charge is 0.497 e. The maximum atomic E-state index is 13.2. The first kappa shape index (κ1) is 26.3. The maximum Gasteiger partial charge on any atom is 0.322 e. The van der Waals surface area contributed by atoms with E-state index in [2.05, 4.69) is 0 Å². The second-order valence-corrected chi connectivity index (χ2v) is 10.4. The van der Waals surface area contributed by atoms with Crippen molar-refractivity contribution in [2.75, 3.05) is 7.11 Å². The predicted octanol–water partition coefficient (Wildman–Crippen LogP) is 8.04. The Hall–Kier alpha value is -2.73.